The molecule has 0 aromatic heterocycles. The highest BCUT2D eigenvalue weighted by Gasteiger charge is 1.99. The lowest BCUT2D eigenvalue weighted by molar-refractivity contribution is -0.140. The lowest BCUT2D eigenvalue weighted by Gasteiger charge is -2.04. The zero-order chi connectivity index (χ0) is 19.8. The summed E-state index contributed by atoms with van der Waals surface area (Å²) in [7, 11) is 3.26. The van der Waals surface area contributed by atoms with Crippen LogP contribution in [0.3, 0.4) is 0 Å². The highest BCUT2D eigenvalue weighted by Crippen LogP contribution is 2.14. The molecule has 0 aliphatic rings. The lowest BCUT2D eigenvalue weighted by Crippen LogP contribution is -1.99. The van der Waals surface area contributed by atoms with Crippen molar-refractivity contribution < 1.29 is 14.3 Å². The summed E-state index contributed by atoms with van der Waals surface area (Å²) in [4.78, 5) is 11.0. The van der Waals surface area contributed by atoms with Crippen molar-refractivity contribution in [2.75, 3.05) is 20.8 Å². The Labute approximate surface area is 170 Å². The van der Waals surface area contributed by atoms with Gasteiger partial charge in [-0.1, -0.05) is 109 Å². The molecule has 0 aliphatic heterocycles. The van der Waals surface area contributed by atoms with Crippen LogP contribution in [0.25, 0.3) is 0 Å². The minimum Gasteiger partial charge on any atom is -0.469 e. The van der Waals surface area contributed by atoms with Gasteiger partial charge in [0, 0.05) is 20.1 Å². The normalized spacial score (nSPS) is 11.0. The molecule has 0 radical (unpaired) electrons. The molecule has 3 heteroatoms. The number of hydrogen-bond acceptors (Lipinski definition) is 3. The summed E-state index contributed by atoms with van der Waals surface area (Å²) in [5.74, 6) is -0.0660. The first-order valence-corrected chi connectivity index (χ1v) is 11.9. The van der Waals surface area contributed by atoms with E-state index in [0.717, 1.165) is 13.0 Å². The smallest absolute Gasteiger partial charge is 0.305 e. The maximum atomic E-state index is 11.0. The van der Waals surface area contributed by atoms with Gasteiger partial charge < -0.3 is 9.47 Å². The first kappa shape index (κ1) is 26.4. The van der Waals surface area contributed by atoms with Crippen molar-refractivity contribution in [3.05, 3.63) is 0 Å². The number of esters is 1. The lowest BCUT2D eigenvalue weighted by atomic mass is 10.0. The Kier molecular flexibility index (Phi) is 23.0. The SMILES string of the molecule is COCCCCCCCCCCCCCCCCCCCCCC(=O)OC. The molecular weight excluding hydrogens is 336 g/mol. The standard InChI is InChI=1S/C24H48O3/c1-26-23-21-19-17-15-13-11-9-7-5-3-4-6-8-10-12-14-16-18-20-22-24(25)27-2/h3-23H2,1-2H3. The van der Waals surface area contributed by atoms with Crippen LogP contribution in [0.15, 0.2) is 0 Å². The molecule has 0 bridgehead atoms. The summed E-state index contributed by atoms with van der Waals surface area (Å²) in [6.45, 7) is 0.929. The van der Waals surface area contributed by atoms with Crippen LogP contribution in [0.5, 0.6) is 0 Å². The summed E-state index contributed by atoms with van der Waals surface area (Å²) >= 11 is 0. The Bertz CT molecular complexity index is 291. The number of rotatable bonds is 22. The van der Waals surface area contributed by atoms with Gasteiger partial charge in [-0.05, 0) is 12.8 Å². The minimum absolute atomic E-state index is 0.0660. The number of carbonyl (C=O) groups excluding carboxylic acids is 1. The average Bonchev–Trinajstić information content (AvgIpc) is 2.68. The summed E-state index contributed by atoms with van der Waals surface area (Å²) in [5.41, 5.74) is 0. The van der Waals surface area contributed by atoms with Crippen LogP contribution in [-0.2, 0) is 14.3 Å². The molecule has 162 valence electrons. The fourth-order valence-corrected chi connectivity index (χ4v) is 3.62. The van der Waals surface area contributed by atoms with Crippen molar-refractivity contribution in [3.8, 4) is 0 Å². The molecule has 0 heterocycles. The van der Waals surface area contributed by atoms with Crippen LogP contribution in [-0.4, -0.2) is 26.8 Å². The van der Waals surface area contributed by atoms with E-state index in [-0.39, 0.29) is 5.97 Å². The van der Waals surface area contributed by atoms with Gasteiger partial charge in [-0.25, -0.2) is 0 Å². The van der Waals surface area contributed by atoms with E-state index in [1.54, 1.807) is 7.11 Å². The second-order valence-corrected chi connectivity index (χ2v) is 8.04. The van der Waals surface area contributed by atoms with Crippen molar-refractivity contribution in [1.82, 2.24) is 0 Å². The molecule has 0 saturated heterocycles. The van der Waals surface area contributed by atoms with Crippen LogP contribution >= 0.6 is 0 Å². The van der Waals surface area contributed by atoms with Crippen LogP contribution in [0.4, 0.5) is 0 Å². The second kappa shape index (κ2) is 23.5. The maximum Gasteiger partial charge on any atom is 0.305 e. The Balaban J connectivity index is 3.00. The molecule has 0 N–H and O–H groups in total. The Hall–Kier alpha value is -0.570. The van der Waals surface area contributed by atoms with Gasteiger partial charge in [0.25, 0.3) is 0 Å². The van der Waals surface area contributed by atoms with Crippen molar-refractivity contribution >= 4 is 5.97 Å². The van der Waals surface area contributed by atoms with E-state index in [4.69, 9.17) is 4.74 Å². The predicted octanol–water partition coefficient (Wildman–Crippen LogP) is 7.61. The van der Waals surface area contributed by atoms with Gasteiger partial charge in [0.05, 0.1) is 7.11 Å². The molecule has 0 fully saturated rings. The predicted molar refractivity (Wildman–Crippen MR) is 116 cm³/mol. The highest BCUT2D eigenvalue weighted by molar-refractivity contribution is 5.68. The van der Waals surface area contributed by atoms with Gasteiger partial charge in [0.1, 0.15) is 0 Å². The molecule has 0 rings (SSSR count). The molecule has 27 heavy (non-hydrogen) atoms. The Morgan fingerprint density at radius 1 is 0.481 bits per heavy atom. The van der Waals surface area contributed by atoms with Crippen LogP contribution in [0.2, 0.25) is 0 Å². The quantitative estimate of drug-likeness (QED) is 0.142. The average molecular weight is 385 g/mol. The fourth-order valence-electron chi connectivity index (χ4n) is 3.62. The van der Waals surface area contributed by atoms with Crippen LogP contribution in [0.1, 0.15) is 128 Å². The summed E-state index contributed by atoms with van der Waals surface area (Å²) in [6.07, 6.45) is 26.3. The Morgan fingerprint density at radius 2 is 0.778 bits per heavy atom. The van der Waals surface area contributed by atoms with Gasteiger partial charge in [0.2, 0.25) is 0 Å². The van der Waals surface area contributed by atoms with E-state index in [1.165, 1.54) is 123 Å². The van der Waals surface area contributed by atoms with Crippen molar-refractivity contribution in [3.63, 3.8) is 0 Å². The van der Waals surface area contributed by atoms with Gasteiger partial charge in [-0.3, -0.25) is 4.79 Å². The molecule has 0 amide bonds. The van der Waals surface area contributed by atoms with E-state index in [9.17, 15) is 4.79 Å². The third kappa shape index (κ3) is 23.4. The van der Waals surface area contributed by atoms with Crippen molar-refractivity contribution in [2.45, 2.75) is 128 Å². The number of ether oxygens (including phenoxy) is 2. The minimum atomic E-state index is -0.0660. The van der Waals surface area contributed by atoms with Crippen molar-refractivity contribution in [1.29, 1.82) is 0 Å². The van der Waals surface area contributed by atoms with Crippen molar-refractivity contribution in [2.24, 2.45) is 0 Å². The molecule has 0 saturated carbocycles. The first-order chi connectivity index (χ1) is 13.3. The van der Waals surface area contributed by atoms with E-state index >= 15 is 0 Å². The Morgan fingerprint density at radius 3 is 1.07 bits per heavy atom. The summed E-state index contributed by atoms with van der Waals surface area (Å²) < 4.78 is 9.73. The van der Waals surface area contributed by atoms with Gasteiger partial charge in [-0.15, -0.1) is 0 Å². The molecule has 0 spiro atoms. The zero-order valence-electron chi connectivity index (χ0n) is 18.6. The number of carbonyl (C=O) groups is 1. The summed E-state index contributed by atoms with van der Waals surface area (Å²) in [6, 6.07) is 0. The van der Waals surface area contributed by atoms with Gasteiger partial charge in [-0.2, -0.15) is 0 Å². The number of hydrogen-bond donors (Lipinski definition) is 0. The fraction of sp³-hybridized carbons (Fsp3) is 0.958. The molecule has 0 atom stereocenters. The molecular formula is C24H48O3. The number of unbranched alkanes of at least 4 members (excludes halogenated alkanes) is 18. The van der Waals surface area contributed by atoms with E-state index < -0.39 is 0 Å². The van der Waals surface area contributed by atoms with E-state index in [1.807, 2.05) is 0 Å². The molecule has 0 aliphatic carbocycles. The van der Waals surface area contributed by atoms with Gasteiger partial charge >= 0.3 is 5.97 Å². The molecule has 3 nitrogen and oxygen atoms in total. The van der Waals surface area contributed by atoms with Crippen LogP contribution < -0.4 is 0 Å². The largest absolute Gasteiger partial charge is 0.469 e. The topological polar surface area (TPSA) is 35.5 Å². The third-order valence-corrected chi connectivity index (χ3v) is 5.46. The zero-order valence-corrected chi connectivity index (χ0v) is 18.6. The maximum absolute atomic E-state index is 11.0. The first-order valence-electron chi connectivity index (χ1n) is 11.9. The van der Waals surface area contributed by atoms with Crippen LogP contribution in [0, 0.1) is 0 Å². The van der Waals surface area contributed by atoms with E-state index in [0.29, 0.717) is 6.42 Å². The molecule has 0 aromatic carbocycles. The highest BCUT2D eigenvalue weighted by atomic mass is 16.5. The van der Waals surface area contributed by atoms with E-state index in [2.05, 4.69) is 4.74 Å². The summed E-state index contributed by atoms with van der Waals surface area (Å²) in [5, 5.41) is 0. The third-order valence-electron chi connectivity index (χ3n) is 5.46. The molecule has 0 unspecified atom stereocenters. The number of methoxy groups -OCH3 is 2. The van der Waals surface area contributed by atoms with Gasteiger partial charge in [0.15, 0.2) is 0 Å². The second-order valence-electron chi connectivity index (χ2n) is 8.04. The molecule has 0 aromatic rings. The monoisotopic (exact) mass is 384 g/mol.